The van der Waals surface area contributed by atoms with Gasteiger partial charge in [-0.3, -0.25) is 5.32 Å². The second kappa shape index (κ2) is 7.97. The number of anilines is 1. The number of aliphatic hydroxyl groups is 1. The zero-order chi connectivity index (χ0) is 15.1. The number of benzene rings is 1. The van der Waals surface area contributed by atoms with Crippen molar-refractivity contribution >= 4 is 34.1 Å². The van der Waals surface area contributed by atoms with Crippen molar-refractivity contribution in [2.75, 3.05) is 18.5 Å². The van der Waals surface area contributed by atoms with Gasteiger partial charge in [0.05, 0.1) is 0 Å². The van der Waals surface area contributed by atoms with Crippen molar-refractivity contribution in [2.24, 2.45) is 0 Å². The molecule has 2 rings (SSSR count). The molecule has 2 amide bonds. The van der Waals surface area contributed by atoms with E-state index in [1.165, 1.54) is 11.3 Å². The van der Waals surface area contributed by atoms with Crippen LogP contribution in [0.15, 0.2) is 30.5 Å². The number of rotatable bonds is 6. The summed E-state index contributed by atoms with van der Waals surface area (Å²) < 4.78 is 0. The van der Waals surface area contributed by atoms with Crippen LogP contribution in [0.25, 0.3) is 0 Å². The van der Waals surface area contributed by atoms with Crippen molar-refractivity contribution in [3.05, 3.63) is 45.9 Å². The Kier molecular flexibility index (Phi) is 5.98. The molecule has 2 aromatic rings. The van der Waals surface area contributed by atoms with Crippen molar-refractivity contribution in [3.63, 3.8) is 0 Å². The number of urea groups is 1. The Morgan fingerprint density at radius 2 is 2.29 bits per heavy atom. The lowest BCUT2D eigenvalue weighted by molar-refractivity contribution is 0.249. The van der Waals surface area contributed by atoms with Gasteiger partial charge in [0.2, 0.25) is 0 Å². The molecule has 0 aliphatic carbocycles. The summed E-state index contributed by atoms with van der Waals surface area (Å²) in [6.07, 6.45) is 3.01. The minimum Gasteiger partial charge on any atom is -0.396 e. The summed E-state index contributed by atoms with van der Waals surface area (Å²) >= 11 is 7.38. The lowest BCUT2D eigenvalue weighted by Crippen LogP contribution is -2.29. The van der Waals surface area contributed by atoms with Crippen LogP contribution in [0, 0.1) is 0 Å². The van der Waals surface area contributed by atoms with Crippen molar-refractivity contribution in [1.82, 2.24) is 10.3 Å². The van der Waals surface area contributed by atoms with E-state index in [0.29, 0.717) is 23.1 Å². The van der Waals surface area contributed by atoms with E-state index >= 15 is 0 Å². The average molecular weight is 326 g/mol. The topological polar surface area (TPSA) is 74.2 Å². The summed E-state index contributed by atoms with van der Waals surface area (Å²) in [5, 5.41) is 15.2. The maximum atomic E-state index is 11.5. The van der Waals surface area contributed by atoms with Crippen LogP contribution in [0.5, 0.6) is 0 Å². The summed E-state index contributed by atoms with van der Waals surface area (Å²) in [4.78, 5) is 16.8. The van der Waals surface area contributed by atoms with Gasteiger partial charge in [-0.25, -0.2) is 9.78 Å². The van der Waals surface area contributed by atoms with Gasteiger partial charge in [-0.05, 0) is 24.1 Å². The number of thiazole rings is 1. The van der Waals surface area contributed by atoms with Gasteiger partial charge in [-0.15, -0.1) is 11.3 Å². The molecule has 0 aliphatic heterocycles. The number of aromatic nitrogens is 1. The van der Waals surface area contributed by atoms with Crippen LogP contribution in [0.3, 0.4) is 0 Å². The summed E-state index contributed by atoms with van der Waals surface area (Å²) in [6.45, 7) is 0.490. The van der Waals surface area contributed by atoms with Gasteiger partial charge in [0.25, 0.3) is 0 Å². The highest BCUT2D eigenvalue weighted by Crippen LogP contribution is 2.22. The number of carbonyl (C=O) groups excluding carboxylic acids is 1. The molecule has 0 saturated heterocycles. The first-order chi connectivity index (χ1) is 10.2. The Morgan fingerprint density at radius 3 is 3.05 bits per heavy atom. The van der Waals surface area contributed by atoms with Crippen LogP contribution >= 0.6 is 22.9 Å². The highest BCUT2D eigenvalue weighted by atomic mass is 35.5. The fourth-order valence-corrected chi connectivity index (χ4v) is 2.77. The molecule has 7 heteroatoms. The number of amides is 2. The molecule has 0 fully saturated rings. The molecule has 112 valence electrons. The number of nitrogens with zero attached hydrogens (tertiary/aromatic N) is 1. The molecule has 0 bridgehead atoms. The molecule has 5 nitrogen and oxygen atoms in total. The van der Waals surface area contributed by atoms with Crippen molar-refractivity contribution in [1.29, 1.82) is 0 Å². The van der Waals surface area contributed by atoms with Crippen LogP contribution in [0.4, 0.5) is 9.93 Å². The molecule has 0 atom stereocenters. The van der Waals surface area contributed by atoms with Gasteiger partial charge >= 0.3 is 6.03 Å². The third-order valence-corrected chi connectivity index (χ3v) is 3.81. The Bertz CT molecular complexity index is 603. The summed E-state index contributed by atoms with van der Waals surface area (Å²) in [6, 6.07) is 7.34. The Balaban J connectivity index is 1.88. The van der Waals surface area contributed by atoms with Gasteiger partial charge < -0.3 is 10.4 Å². The fraction of sp³-hybridized carbons (Fsp3) is 0.286. The third kappa shape index (κ3) is 5.34. The maximum absolute atomic E-state index is 11.5. The lowest BCUT2D eigenvalue weighted by Gasteiger charge is -2.03. The van der Waals surface area contributed by atoms with Crippen LogP contribution in [-0.4, -0.2) is 29.3 Å². The van der Waals surface area contributed by atoms with Crippen LogP contribution in [0.2, 0.25) is 5.02 Å². The first-order valence-electron chi connectivity index (χ1n) is 6.52. The van der Waals surface area contributed by atoms with E-state index in [1.807, 2.05) is 24.3 Å². The molecule has 0 unspecified atom stereocenters. The molecule has 1 aromatic heterocycles. The number of nitrogens with one attached hydrogen (secondary N) is 2. The normalized spacial score (nSPS) is 10.4. The van der Waals surface area contributed by atoms with Gasteiger partial charge in [-0.1, -0.05) is 23.7 Å². The Hall–Kier alpha value is -1.63. The molecule has 3 N–H and O–H groups in total. The molecule has 0 radical (unpaired) electrons. The summed E-state index contributed by atoms with van der Waals surface area (Å²) in [7, 11) is 0. The number of aliphatic hydroxyl groups excluding tert-OH is 1. The van der Waals surface area contributed by atoms with Crippen molar-refractivity contribution in [3.8, 4) is 0 Å². The van der Waals surface area contributed by atoms with E-state index in [2.05, 4.69) is 15.6 Å². The average Bonchev–Trinajstić information content (AvgIpc) is 2.86. The van der Waals surface area contributed by atoms with E-state index in [9.17, 15) is 4.79 Å². The quantitative estimate of drug-likeness (QED) is 0.715. The second-order valence-electron chi connectivity index (χ2n) is 4.40. The monoisotopic (exact) mass is 325 g/mol. The summed E-state index contributed by atoms with van der Waals surface area (Å²) in [5.74, 6) is 0. The maximum Gasteiger partial charge on any atom is 0.321 e. The van der Waals surface area contributed by atoms with Crippen LogP contribution < -0.4 is 10.6 Å². The number of carbonyl (C=O) groups is 1. The first-order valence-corrected chi connectivity index (χ1v) is 7.71. The minimum atomic E-state index is -0.313. The molecule has 0 aliphatic rings. The predicted octanol–water partition coefficient (Wildman–Crippen LogP) is 2.89. The van der Waals surface area contributed by atoms with Crippen molar-refractivity contribution in [2.45, 2.75) is 12.8 Å². The van der Waals surface area contributed by atoms with E-state index in [0.717, 1.165) is 16.9 Å². The Morgan fingerprint density at radius 1 is 1.43 bits per heavy atom. The smallest absolute Gasteiger partial charge is 0.321 e. The van der Waals surface area contributed by atoms with E-state index in [4.69, 9.17) is 16.7 Å². The highest BCUT2D eigenvalue weighted by molar-refractivity contribution is 7.15. The first kappa shape index (κ1) is 15.8. The molecule has 1 heterocycles. The van der Waals surface area contributed by atoms with E-state index in [-0.39, 0.29) is 12.6 Å². The molecule has 0 saturated carbocycles. The summed E-state index contributed by atoms with van der Waals surface area (Å²) in [5.41, 5.74) is 1.10. The molecule has 1 aromatic carbocycles. The standard InChI is InChI=1S/C14H16ClN3O2S/c15-11-4-1-3-10(7-11)8-12-9-17-14(21-12)18-13(20)16-5-2-6-19/h1,3-4,7,9,19H,2,5-6,8H2,(H2,16,17,18,20). The fourth-order valence-electron chi connectivity index (χ4n) is 1.72. The lowest BCUT2D eigenvalue weighted by atomic mass is 10.1. The van der Waals surface area contributed by atoms with Gasteiger partial charge in [0, 0.05) is 35.7 Å². The van der Waals surface area contributed by atoms with Crippen LogP contribution in [0.1, 0.15) is 16.9 Å². The van der Waals surface area contributed by atoms with Gasteiger partial charge in [-0.2, -0.15) is 0 Å². The van der Waals surface area contributed by atoms with E-state index < -0.39 is 0 Å². The third-order valence-electron chi connectivity index (χ3n) is 2.66. The molecule has 0 spiro atoms. The zero-order valence-electron chi connectivity index (χ0n) is 11.3. The van der Waals surface area contributed by atoms with Gasteiger partial charge in [0.15, 0.2) is 5.13 Å². The zero-order valence-corrected chi connectivity index (χ0v) is 12.9. The molecular formula is C14H16ClN3O2S. The largest absolute Gasteiger partial charge is 0.396 e. The SMILES string of the molecule is O=C(NCCCO)Nc1ncc(Cc2cccc(Cl)c2)s1. The number of halogens is 1. The molecule has 21 heavy (non-hydrogen) atoms. The highest BCUT2D eigenvalue weighted by Gasteiger charge is 2.07. The second-order valence-corrected chi connectivity index (χ2v) is 5.95. The van der Waals surface area contributed by atoms with Gasteiger partial charge in [0.1, 0.15) is 0 Å². The predicted molar refractivity (Wildman–Crippen MR) is 85.1 cm³/mol. The Labute approximate surface area is 132 Å². The minimum absolute atomic E-state index is 0.0569. The van der Waals surface area contributed by atoms with Crippen LogP contribution in [-0.2, 0) is 6.42 Å². The number of hydrogen-bond acceptors (Lipinski definition) is 4. The van der Waals surface area contributed by atoms with Crippen molar-refractivity contribution < 1.29 is 9.90 Å². The van der Waals surface area contributed by atoms with E-state index in [1.54, 1.807) is 6.20 Å². The molecular weight excluding hydrogens is 310 g/mol. The number of hydrogen-bond donors (Lipinski definition) is 3.